The van der Waals surface area contributed by atoms with Crippen molar-refractivity contribution in [2.45, 2.75) is 19.4 Å². The van der Waals surface area contributed by atoms with Crippen LogP contribution in [0.3, 0.4) is 0 Å². The summed E-state index contributed by atoms with van der Waals surface area (Å²) in [6, 6.07) is 19.6. The number of carbonyl (C=O) groups excluding carboxylic acids is 1. The van der Waals surface area contributed by atoms with Crippen LogP contribution in [-0.4, -0.2) is 27.6 Å². The zero-order chi connectivity index (χ0) is 21.2. The number of nitrogens with zero attached hydrogens (tertiary/aromatic N) is 3. The standard InChI is InChI=1S/C24H22N4O3/c1-30-21-14-18(11-12-20(21)31-15-16-6-3-2-4-7-16)19-8-5-13-28-22(19)25-24(27-28)26-23(29)17-9-10-17/h2-8,11-14,17H,9-10,15H2,1H3,(H,26,27,29). The summed E-state index contributed by atoms with van der Waals surface area (Å²) < 4.78 is 13.2. The summed E-state index contributed by atoms with van der Waals surface area (Å²) in [6.45, 7) is 0.459. The Hall–Kier alpha value is -3.87. The van der Waals surface area contributed by atoms with Gasteiger partial charge >= 0.3 is 0 Å². The predicted molar refractivity (Wildman–Crippen MR) is 117 cm³/mol. The van der Waals surface area contributed by atoms with Gasteiger partial charge < -0.3 is 9.47 Å². The molecule has 2 heterocycles. The number of aromatic nitrogens is 3. The Kier molecular flexibility index (Phi) is 5.00. The number of hydrogen-bond acceptors (Lipinski definition) is 5. The van der Waals surface area contributed by atoms with E-state index >= 15 is 0 Å². The second kappa shape index (κ2) is 8.10. The van der Waals surface area contributed by atoms with E-state index in [1.807, 2.05) is 66.9 Å². The number of rotatable bonds is 7. The molecule has 1 saturated carbocycles. The number of benzene rings is 2. The van der Waals surface area contributed by atoms with Crippen molar-refractivity contribution < 1.29 is 14.3 Å². The lowest BCUT2D eigenvalue weighted by atomic mass is 10.1. The quantitative estimate of drug-likeness (QED) is 0.487. The van der Waals surface area contributed by atoms with E-state index in [1.165, 1.54) is 0 Å². The first kappa shape index (κ1) is 19.1. The average Bonchev–Trinajstić information content (AvgIpc) is 3.58. The van der Waals surface area contributed by atoms with Crippen molar-refractivity contribution in [1.82, 2.24) is 14.6 Å². The smallest absolute Gasteiger partial charge is 0.249 e. The van der Waals surface area contributed by atoms with Gasteiger partial charge in [0.1, 0.15) is 6.61 Å². The van der Waals surface area contributed by atoms with Gasteiger partial charge in [0.2, 0.25) is 11.9 Å². The fourth-order valence-electron chi connectivity index (χ4n) is 3.43. The van der Waals surface area contributed by atoms with Gasteiger partial charge in [-0.25, -0.2) is 4.52 Å². The van der Waals surface area contributed by atoms with E-state index in [4.69, 9.17) is 9.47 Å². The Balaban J connectivity index is 1.42. The van der Waals surface area contributed by atoms with Crippen molar-refractivity contribution in [3.63, 3.8) is 0 Å². The highest BCUT2D eigenvalue weighted by atomic mass is 16.5. The molecule has 1 aliphatic rings. The molecule has 0 aliphatic heterocycles. The van der Waals surface area contributed by atoms with Crippen LogP contribution in [0.15, 0.2) is 66.9 Å². The number of amides is 1. The van der Waals surface area contributed by atoms with E-state index in [0.29, 0.717) is 29.7 Å². The second-order valence-electron chi connectivity index (χ2n) is 7.53. The fourth-order valence-corrected chi connectivity index (χ4v) is 3.43. The SMILES string of the molecule is COc1cc(-c2cccn3nc(NC(=O)C4CC4)nc23)ccc1OCc1ccccc1. The van der Waals surface area contributed by atoms with E-state index < -0.39 is 0 Å². The van der Waals surface area contributed by atoms with Crippen LogP contribution in [0.1, 0.15) is 18.4 Å². The third-order valence-electron chi connectivity index (χ3n) is 5.26. The van der Waals surface area contributed by atoms with Crippen LogP contribution in [0.2, 0.25) is 0 Å². The molecule has 2 aromatic heterocycles. The Morgan fingerprint density at radius 3 is 2.71 bits per heavy atom. The normalized spacial score (nSPS) is 13.2. The van der Waals surface area contributed by atoms with Gasteiger partial charge in [-0.05, 0) is 48.2 Å². The molecule has 156 valence electrons. The first-order chi connectivity index (χ1) is 15.2. The second-order valence-corrected chi connectivity index (χ2v) is 7.53. The summed E-state index contributed by atoms with van der Waals surface area (Å²) in [6.07, 6.45) is 3.68. The zero-order valence-corrected chi connectivity index (χ0v) is 17.1. The topological polar surface area (TPSA) is 77.8 Å². The average molecular weight is 414 g/mol. The highest BCUT2D eigenvalue weighted by molar-refractivity contribution is 5.93. The molecule has 31 heavy (non-hydrogen) atoms. The first-order valence-electron chi connectivity index (χ1n) is 10.2. The van der Waals surface area contributed by atoms with Crippen LogP contribution in [0.5, 0.6) is 11.5 Å². The monoisotopic (exact) mass is 414 g/mol. The van der Waals surface area contributed by atoms with E-state index in [0.717, 1.165) is 29.5 Å². The molecule has 0 saturated heterocycles. The van der Waals surface area contributed by atoms with Crippen molar-refractivity contribution in [2.75, 3.05) is 12.4 Å². The molecule has 5 rings (SSSR count). The predicted octanol–water partition coefficient (Wildman–Crippen LogP) is 4.33. The van der Waals surface area contributed by atoms with Gasteiger partial charge in [-0.2, -0.15) is 4.98 Å². The van der Waals surface area contributed by atoms with Gasteiger partial charge in [-0.1, -0.05) is 36.4 Å². The lowest BCUT2D eigenvalue weighted by molar-refractivity contribution is -0.117. The summed E-state index contributed by atoms with van der Waals surface area (Å²) >= 11 is 0. The molecular weight excluding hydrogens is 392 g/mol. The first-order valence-corrected chi connectivity index (χ1v) is 10.2. The van der Waals surface area contributed by atoms with E-state index in [9.17, 15) is 4.79 Å². The van der Waals surface area contributed by atoms with Crippen molar-refractivity contribution in [1.29, 1.82) is 0 Å². The number of methoxy groups -OCH3 is 1. The van der Waals surface area contributed by atoms with Crippen LogP contribution >= 0.6 is 0 Å². The van der Waals surface area contributed by atoms with Gasteiger partial charge in [0.15, 0.2) is 17.1 Å². The molecule has 2 aromatic carbocycles. The molecule has 0 radical (unpaired) electrons. The summed E-state index contributed by atoms with van der Waals surface area (Å²) in [5, 5.41) is 7.20. The molecule has 0 bridgehead atoms. The number of carbonyl (C=O) groups is 1. The minimum atomic E-state index is -0.0148. The molecule has 7 nitrogen and oxygen atoms in total. The number of anilines is 1. The van der Waals surface area contributed by atoms with E-state index in [-0.39, 0.29) is 11.8 Å². The number of fused-ring (bicyclic) bond motifs is 1. The van der Waals surface area contributed by atoms with E-state index in [1.54, 1.807) is 11.6 Å². The van der Waals surface area contributed by atoms with Gasteiger partial charge in [-0.15, -0.1) is 5.10 Å². The maximum absolute atomic E-state index is 12.1. The molecule has 7 heteroatoms. The maximum Gasteiger partial charge on any atom is 0.249 e. The molecule has 0 spiro atoms. The molecule has 1 amide bonds. The summed E-state index contributed by atoms with van der Waals surface area (Å²) in [5.74, 6) is 1.70. The van der Waals surface area contributed by atoms with Crippen LogP contribution in [0.25, 0.3) is 16.8 Å². The van der Waals surface area contributed by atoms with Crippen LogP contribution in [0, 0.1) is 5.92 Å². The number of hydrogen-bond donors (Lipinski definition) is 1. The molecule has 4 aromatic rings. The zero-order valence-electron chi connectivity index (χ0n) is 17.1. The highest BCUT2D eigenvalue weighted by Gasteiger charge is 2.30. The summed E-state index contributed by atoms with van der Waals surface area (Å²) in [4.78, 5) is 16.6. The minimum Gasteiger partial charge on any atom is -0.493 e. The molecule has 1 fully saturated rings. The highest BCUT2D eigenvalue weighted by Crippen LogP contribution is 2.35. The third kappa shape index (κ3) is 4.07. The molecular formula is C24H22N4O3. The van der Waals surface area contributed by atoms with Crippen LogP contribution < -0.4 is 14.8 Å². The van der Waals surface area contributed by atoms with Gasteiger partial charge in [0.25, 0.3) is 0 Å². The number of nitrogens with one attached hydrogen (secondary N) is 1. The molecule has 0 unspecified atom stereocenters. The largest absolute Gasteiger partial charge is 0.493 e. The number of pyridine rings is 1. The van der Waals surface area contributed by atoms with Crippen molar-refractivity contribution >= 4 is 17.5 Å². The molecule has 0 atom stereocenters. The fraction of sp³-hybridized carbons (Fsp3) is 0.208. The lowest BCUT2D eigenvalue weighted by Gasteiger charge is -2.12. The van der Waals surface area contributed by atoms with Crippen molar-refractivity contribution in [3.05, 3.63) is 72.4 Å². The minimum absolute atomic E-state index is 0.0148. The third-order valence-corrected chi connectivity index (χ3v) is 5.26. The van der Waals surface area contributed by atoms with Gasteiger partial charge in [0.05, 0.1) is 7.11 Å². The summed E-state index contributed by atoms with van der Waals surface area (Å²) in [5.41, 5.74) is 3.55. The lowest BCUT2D eigenvalue weighted by Crippen LogP contribution is -2.14. The van der Waals surface area contributed by atoms with Crippen LogP contribution in [0.4, 0.5) is 5.95 Å². The van der Waals surface area contributed by atoms with Gasteiger partial charge in [0, 0.05) is 17.7 Å². The Morgan fingerprint density at radius 1 is 1.10 bits per heavy atom. The Bertz CT molecular complexity index is 1230. The molecule has 1 aliphatic carbocycles. The van der Waals surface area contributed by atoms with Crippen molar-refractivity contribution in [2.24, 2.45) is 5.92 Å². The Labute approximate surface area is 179 Å². The summed E-state index contributed by atoms with van der Waals surface area (Å²) in [7, 11) is 1.62. The Morgan fingerprint density at radius 2 is 1.94 bits per heavy atom. The maximum atomic E-state index is 12.1. The molecule has 1 N–H and O–H groups in total. The number of ether oxygens (including phenoxy) is 2. The van der Waals surface area contributed by atoms with Crippen LogP contribution in [-0.2, 0) is 11.4 Å². The van der Waals surface area contributed by atoms with E-state index in [2.05, 4.69) is 15.4 Å². The van der Waals surface area contributed by atoms with Gasteiger partial charge in [-0.3, -0.25) is 10.1 Å². The van der Waals surface area contributed by atoms with Crippen molar-refractivity contribution in [3.8, 4) is 22.6 Å².